The Morgan fingerprint density at radius 1 is 0.633 bits per heavy atom. The molecule has 144 valence electrons. The topological polar surface area (TPSA) is 40.5 Å². The maximum Gasteiger partial charge on any atom is 0.259 e. The Hall–Kier alpha value is -3.69. The third kappa shape index (κ3) is 2.33. The molecular weight excluding hydrogens is 370 g/mol. The van der Waals surface area contributed by atoms with Crippen LogP contribution in [0.3, 0.4) is 0 Å². The number of hydrogen-bond acceptors (Lipinski definition) is 2. The smallest absolute Gasteiger partial charge is 0.259 e. The number of aliphatic hydroxyl groups excluding tert-OH is 1. The summed E-state index contributed by atoms with van der Waals surface area (Å²) < 4.78 is 0. The van der Waals surface area contributed by atoms with Gasteiger partial charge < -0.3 is 5.11 Å². The number of benzene rings is 5. The molecule has 1 aliphatic heterocycles. The fraction of sp³-hybridized carbons (Fsp3) is 0.0741. The van der Waals surface area contributed by atoms with Crippen LogP contribution in [0.4, 0.5) is 5.69 Å². The van der Waals surface area contributed by atoms with Gasteiger partial charge in [-0.05, 0) is 38.6 Å². The van der Waals surface area contributed by atoms with E-state index in [4.69, 9.17) is 0 Å². The van der Waals surface area contributed by atoms with E-state index in [0.717, 1.165) is 38.2 Å². The van der Waals surface area contributed by atoms with Crippen LogP contribution in [0.2, 0.25) is 0 Å². The maximum atomic E-state index is 12.9. The van der Waals surface area contributed by atoms with E-state index < -0.39 is 6.10 Å². The summed E-state index contributed by atoms with van der Waals surface area (Å²) in [6.07, 6.45) is -1.02. The second kappa shape index (κ2) is 6.41. The number of aliphatic hydroxyl groups is 1. The van der Waals surface area contributed by atoms with Crippen LogP contribution in [0.1, 0.15) is 11.6 Å². The molecule has 2 atom stereocenters. The molecule has 3 nitrogen and oxygen atoms in total. The molecule has 1 heterocycles. The third-order valence-corrected chi connectivity index (χ3v) is 6.21. The first kappa shape index (κ1) is 17.2. The van der Waals surface area contributed by atoms with Crippen molar-refractivity contribution in [3.8, 4) is 0 Å². The minimum absolute atomic E-state index is 0.256. The van der Waals surface area contributed by atoms with E-state index in [-0.39, 0.29) is 11.9 Å². The first-order valence-electron chi connectivity index (χ1n) is 10.1. The van der Waals surface area contributed by atoms with Crippen LogP contribution in [0.15, 0.2) is 97.1 Å². The zero-order valence-corrected chi connectivity index (χ0v) is 16.2. The summed E-state index contributed by atoms with van der Waals surface area (Å²) in [6, 6.07) is 32.3. The van der Waals surface area contributed by atoms with Crippen molar-refractivity contribution in [3.63, 3.8) is 0 Å². The van der Waals surface area contributed by atoms with Gasteiger partial charge in [0, 0.05) is 5.39 Å². The molecule has 1 amide bonds. The maximum absolute atomic E-state index is 12.9. The summed E-state index contributed by atoms with van der Waals surface area (Å²) >= 11 is 0. The lowest BCUT2D eigenvalue weighted by atomic mass is 9.88. The van der Waals surface area contributed by atoms with Crippen molar-refractivity contribution in [2.24, 2.45) is 0 Å². The van der Waals surface area contributed by atoms with E-state index in [1.54, 1.807) is 4.90 Å². The molecule has 0 saturated carbocycles. The van der Waals surface area contributed by atoms with E-state index in [1.807, 2.05) is 54.6 Å². The monoisotopic (exact) mass is 389 g/mol. The molecule has 0 aromatic heterocycles. The largest absolute Gasteiger partial charge is 0.381 e. The van der Waals surface area contributed by atoms with Crippen molar-refractivity contribution >= 4 is 43.9 Å². The van der Waals surface area contributed by atoms with Crippen molar-refractivity contribution < 1.29 is 9.90 Å². The number of β-lactam (4-membered cyclic amide) rings is 1. The summed E-state index contributed by atoms with van der Waals surface area (Å²) in [7, 11) is 0. The van der Waals surface area contributed by atoms with E-state index >= 15 is 0 Å². The van der Waals surface area contributed by atoms with Gasteiger partial charge >= 0.3 is 0 Å². The Bertz CT molecular complexity index is 1440. The highest BCUT2D eigenvalue weighted by Gasteiger charge is 2.48. The first-order valence-corrected chi connectivity index (χ1v) is 10.1. The predicted octanol–water partition coefficient (Wildman–Crippen LogP) is 5.60. The average molecular weight is 389 g/mol. The normalized spacial score (nSPS) is 18.8. The molecule has 5 aromatic carbocycles. The van der Waals surface area contributed by atoms with Gasteiger partial charge in [0.25, 0.3) is 5.91 Å². The summed E-state index contributed by atoms with van der Waals surface area (Å²) in [5.74, 6) is -0.256. The Morgan fingerprint density at radius 3 is 2.07 bits per heavy atom. The summed E-state index contributed by atoms with van der Waals surface area (Å²) in [6.45, 7) is 0. The molecule has 0 aliphatic carbocycles. The zero-order valence-electron chi connectivity index (χ0n) is 16.2. The van der Waals surface area contributed by atoms with Gasteiger partial charge in [0.05, 0.1) is 11.7 Å². The van der Waals surface area contributed by atoms with E-state index in [0.29, 0.717) is 0 Å². The molecule has 0 bridgehead atoms. The summed E-state index contributed by atoms with van der Waals surface area (Å²) in [5, 5.41) is 17.3. The van der Waals surface area contributed by atoms with E-state index in [9.17, 15) is 9.90 Å². The van der Waals surface area contributed by atoms with Gasteiger partial charge in [-0.3, -0.25) is 9.69 Å². The van der Waals surface area contributed by atoms with E-state index in [1.165, 1.54) is 5.39 Å². The SMILES string of the molecule is O=C1[C@H](O)[C@@H](c2ccccc2)N1c1cc2c3ccccc3ccc2c2ccccc12. The minimum Gasteiger partial charge on any atom is -0.381 e. The van der Waals surface area contributed by atoms with Crippen LogP contribution in [-0.4, -0.2) is 17.1 Å². The summed E-state index contributed by atoms with van der Waals surface area (Å²) in [4.78, 5) is 14.6. The summed E-state index contributed by atoms with van der Waals surface area (Å²) in [5.41, 5.74) is 1.78. The minimum atomic E-state index is -1.02. The van der Waals surface area contributed by atoms with Gasteiger partial charge in [0.2, 0.25) is 0 Å². The highest BCUT2D eigenvalue weighted by atomic mass is 16.3. The number of carbonyl (C=O) groups is 1. The van der Waals surface area contributed by atoms with Crippen molar-refractivity contribution in [1.29, 1.82) is 0 Å². The van der Waals surface area contributed by atoms with Crippen LogP contribution < -0.4 is 4.90 Å². The molecule has 30 heavy (non-hydrogen) atoms. The first-order chi connectivity index (χ1) is 14.7. The Kier molecular flexibility index (Phi) is 3.67. The van der Waals surface area contributed by atoms with Crippen LogP contribution in [-0.2, 0) is 4.79 Å². The highest BCUT2D eigenvalue weighted by molar-refractivity contribution is 6.23. The number of fused-ring (bicyclic) bond motifs is 5. The molecule has 0 spiro atoms. The van der Waals surface area contributed by atoms with E-state index in [2.05, 4.69) is 42.5 Å². The quantitative estimate of drug-likeness (QED) is 0.316. The Labute approximate surface area is 173 Å². The van der Waals surface area contributed by atoms with Gasteiger partial charge in [-0.15, -0.1) is 0 Å². The van der Waals surface area contributed by atoms with Gasteiger partial charge in [0.15, 0.2) is 6.10 Å². The fourth-order valence-electron chi connectivity index (χ4n) is 4.76. The van der Waals surface area contributed by atoms with Gasteiger partial charge in [-0.1, -0.05) is 91.0 Å². The molecule has 6 rings (SSSR count). The lowest BCUT2D eigenvalue weighted by Gasteiger charge is -2.45. The molecule has 0 unspecified atom stereocenters. The fourth-order valence-corrected chi connectivity index (χ4v) is 4.76. The van der Waals surface area contributed by atoms with Crippen LogP contribution in [0.5, 0.6) is 0 Å². The molecule has 5 aromatic rings. The number of rotatable bonds is 2. The molecule has 1 aliphatic rings. The highest BCUT2D eigenvalue weighted by Crippen LogP contribution is 2.45. The number of nitrogens with zero attached hydrogens (tertiary/aromatic N) is 1. The molecule has 0 radical (unpaired) electrons. The van der Waals surface area contributed by atoms with Crippen LogP contribution >= 0.6 is 0 Å². The average Bonchev–Trinajstić information content (AvgIpc) is 2.82. The van der Waals surface area contributed by atoms with Gasteiger partial charge in [-0.25, -0.2) is 0 Å². The Balaban J connectivity index is 1.67. The number of anilines is 1. The molecule has 1 saturated heterocycles. The number of amides is 1. The van der Waals surface area contributed by atoms with Gasteiger partial charge in [-0.2, -0.15) is 0 Å². The molecule has 3 heteroatoms. The van der Waals surface area contributed by atoms with Crippen molar-refractivity contribution in [2.45, 2.75) is 12.1 Å². The molecule has 1 N–H and O–H groups in total. The molecule has 1 fully saturated rings. The zero-order chi connectivity index (χ0) is 20.2. The number of hydrogen-bond donors (Lipinski definition) is 1. The van der Waals surface area contributed by atoms with Crippen molar-refractivity contribution in [1.82, 2.24) is 0 Å². The lowest BCUT2D eigenvalue weighted by Crippen LogP contribution is -2.59. The third-order valence-electron chi connectivity index (χ3n) is 6.21. The second-order valence-electron chi connectivity index (χ2n) is 7.83. The lowest BCUT2D eigenvalue weighted by molar-refractivity contribution is -0.137. The predicted molar refractivity (Wildman–Crippen MR) is 122 cm³/mol. The van der Waals surface area contributed by atoms with Crippen LogP contribution in [0, 0.1) is 0 Å². The Morgan fingerprint density at radius 2 is 1.27 bits per heavy atom. The van der Waals surface area contributed by atoms with Gasteiger partial charge in [0.1, 0.15) is 0 Å². The van der Waals surface area contributed by atoms with Crippen molar-refractivity contribution in [2.75, 3.05) is 4.90 Å². The number of carbonyl (C=O) groups excluding carboxylic acids is 1. The molecular formula is C27H19NO2. The van der Waals surface area contributed by atoms with Crippen molar-refractivity contribution in [3.05, 3.63) is 103 Å². The second-order valence-corrected chi connectivity index (χ2v) is 7.83. The standard InChI is InChI=1S/C27H19NO2/c29-26-25(18-9-2-1-3-10-18)28(27(26)30)24-16-23-19-11-5-4-8-17(19)14-15-21(23)20-12-6-7-13-22(20)24/h1-16,25-26,29H/t25-,26-/m1/s1. The van der Waals surface area contributed by atoms with Crippen LogP contribution in [0.25, 0.3) is 32.3 Å².